The second kappa shape index (κ2) is 4.58. The number of aryl methyl sites for hydroxylation is 1. The first-order chi connectivity index (χ1) is 7.58. The number of benzene rings is 1. The van der Waals surface area contributed by atoms with Gasteiger partial charge in [-0.3, -0.25) is 4.79 Å². The summed E-state index contributed by atoms with van der Waals surface area (Å²) in [5.74, 6) is -0.0897. The first-order valence-corrected chi connectivity index (χ1v) is 6.21. The van der Waals surface area contributed by atoms with Crippen LogP contribution in [0.3, 0.4) is 0 Å². The Hall–Kier alpha value is -0.830. The van der Waals surface area contributed by atoms with Gasteiger partial charge in [0.15, 0.2) is 5.78 Å². The summed E-state index contributed by atoms with van der Waals surface area (Å²) in [5, 5.41) is 0. The van der Waals surface area contributed by atoms with Gasteiger partial charge in [-0.1, -0.05) is 53.0 Å². The Kier molecular flexibility index (Phi) is 3.33. The van der Waals surface area contributed by atoms with Crippen molar-refractivity contribution in [2.45, 2.75) is 6.92 Å². The van der Waals surface area contributed by atoms with Crippen LogP contribution in [-0.2, 0) is 0 Å². The molecule has 0 aliphatic carbocycles. The van der Waals surface area contributed by atoms with Gasteiger partial charge in [0, 0.05) is 5.56 Å². The van der Waals surface area contributed by atoms with Gasteiger partial charge in [-0.05, 0) is 13.0 Å². The van der Waals surface area contributed by atoms with E-state index in [2.05, 4.69) is 0 Å². The van der Waals surface area contributed by atoms with E-state index in [1.807, 2.05) is 19.1 Å². The number of carbonyl (C=O) groups excluding carboxylic acids is 1. The van der Waals surface area contributed by atoms with Crippen molar-refractivity contribution < 1.29 is 4.79 Å². The third kappa shape index (κ3) is 2.29. The zero-order valence-electron chi connectivity index (χ0n) is 8.46. The third-order valence-electron chi connectivity index (χ3n) is 2.22. The molecule has 1 aromatic carbocycles. The molecular formula is C12H8Cl2OS. The Bertz CT molecular complexity index is 528. The molecule has 2 aromatic rings. The summed E-state index contributed by atoms with van der Waals surface area (Å²) < 4.78 is 0.969. The van der Waals surface area contributed by atoms with Crippen LogP contribution in [0.1, 0.15) is 21.5 Å². The lowest BCUT2D eigenvalue weighted by molar-refractivity contribution is 0.103. The predicted molar refractivity (Wildman–Crippen MR) is 69.0 cm³/mol. The maximum atomic E-state index is 12.1. The summed E-state index contributed by atoms with van der Waals surface area (Å²) in [6.45, 7) is 1.97. The van der Waals surface area contributed by atoms with Crippen LogP contribution in [0, 0.1) is 6.92 Å². The van der Waals surface area contributed by atoms with Crippen LogP contribution in [0.5, 0.6) is 0 Å². The molecular weight excluding hydrogens is 263 g/mol. The van der Waals surface area contributed by atoms with Gasteiger partial charge >= 0.3 is 0 Å². The molecule has 16 heavy (non-hydrogen) atoms. The minimum atomic E-state index is -0.0897. The Morgan fingerprint density at radius 3 is 2.31 bits per heavy atom. The van der Waals surface area contributed by atoms with Crippen molar-refractivity contribution in [2.75, 3.05) is 0 Å². The van der Waals surface area contributed by atoms with E-state index in [-0.39, 0.29) is 5.78 Å². The highest BCUT2D eigenvalue weighted by Crippen LogP contribution is 2.32. The highest BCUT2D eigenvalue weighted by Gasteiger charge is 2.15. The molecule has 0 bridgehead atoms. The fraction of sp³-hybridized carbons (Fsp3) is 0.0833. The molecule has 0 spiro atoms. The predicted octanol–water partition coefficient (Wildman–Crippen LogP) is 4.59. The lowest BCUT2D eigenvalue weighted by atomic mass is 10.0. The van der Waals surface area contributed by atoms with Gasteiger partial charge in [0.25, 0.3) is 0 Å². The summed E-state index contributed by atoms with van der Waals surface area (Å²) in [5.41, 5.74) is 2.22. The molecule has 1 nitrogen and oxygen atoms in total. The summed E-state index contributed by atoms with van der Waals surface area (Å²) >= 11 is 12.9. The minimum absolute atomic E-state index is 0.0897. The molecule has 0 saturated carbocycles. The van der Waals surface area contributed by atoms with E-state index in [0.717, 1.165) is 5.56 Å². The van der Waals surface area contributed by atoms with Crippen LogP contribution in [0.2, 0.25) is 8.67 Å². The molecule has 0 unspecified atom stereocenters. The van der Waals surface area contributed by atoms with Crippen molar-refractivity contribution in [3.63, 3.8) is 0 Å². The number of rotatable bonds is 2. The topological polar surface area (TPSA) is 17.1 Å². The van der Waals surface area contributed by atoms with Gasteiger partial charge in [0.05, 0.1) is 9.90 Å². The first kappa shape index (κ1) is 11.6. The average molecular weight is 271 g/mol. The summed E-state index contributed by atoms with van der Waals surface area (Å²) in [6.07, 6.45) is 0. The SMILES string of the molecule is Cc1ccc(C(=O)c2cc(Cl)sc2Cl)cc1. The third-order valence-corrected chi connectivity index (χ3v) is 3.70. The Balaban J connectivity index is 2.39. The second-order valence-electron chi connectivity index (χ2n) is 3.43. The van der Waals surface area contributed by atoms with E-state index in [1.165, 1.54) is 11.3 Å². The van der Waals surface area contributed by atoms with Gasteiger partial charge in [-0.15, -0.1) is 11.3 Å². The molecule has 0 aliphatic rings. The van der Waals surface area contributed by atoms with Crippen molar-refractivity contribution in [1.29, 1.82) is 0 Å². The molecule has 0 N–H and O–H groups in total. The molecule has 2 rings (SSSR count). The van der Waals surface area contributed by atoms with Gasteiger partial charge in [-0.2, -0.15) is 0 Å². The quantitative estimate of drug-likeness (QED) is 0.730. The van der Waals surface area contributed by atoms with Crippen LogP contribution >= 0.6 is 34.5 Å². The standard InChI is InChI=1S/C12H8Cl2OS/c1-7-2-4-8(5-3-7)11(15)9-6-10(13)16-12(9)14/h2-6H,1H3. The minimum Gasteiger partial charge on any atom is -0.289 e. The van der Waals surface area contributed by atoms with Crippen molar-refractivity contribution in [2.24, 2.45) is 0 Å². The number of hydrogen-bond acceptors (Lipinski definition) is 2. The van der Waals surface area contributed by atoms with Crippen LogP contribution in [0.15, 0.2) is 30.3 Å². The Labute approximate surface area is 108 Å². The van der Waals surface area contributed by atoms with E-state index < -0.39 is 0 Å². The lowest BCUT2D eigenvalue weighted by Gasteiger charge is -1.99. The monoisotopic (exact) mass is 270 g/mol. The van der Waals surface area contributed by atoms with Crippen molar-refractivity contribution >= 4 is 40.3 Å². The highest BCUT2D eigenvalue weighted by molar-refractivity contribution is 7.20. The molecule has 4 heteroatoms. The molecule has 0 radical (unpaired) electrons. The first-order valence-electron chi connectivity index (χ1n) is 4.64. The number of carbonyl (C=O) groups is 1. The largest absolute Gasteiger partial charge is 0.289 e. The summed E-state index contributed by atoms with van der Waals surface area (Å²) in [6, 6.07) is 8.99. The second-order valence-corrected chi connectivity index (χ2v) is 5.72. The fourth-order valence-corrected chi connectivity index (χ4v) is 2.81. The maximum Gasteiger partial charge on any atom is 0.195 e. The average Bonchev–Trinajstić information content (AvgIpc) is 2.58. The van der Waals surface area contributed by atoms with E-state index >= 15 is 0 Å². The molecule has 0 amide bonds. The van der Waals surface area contributed by atoms with Crippen LogP contribution < -0.4 is 0 Å². The van der Waals surface area contributed by atoms with Crippen LogP contribution in [0.4, 0.5) is 0 Å². The number of halogens is 2. The molecule has 0 aliphatic heterocycles. The molecule has 0 atom stereocenters. The van der Waals surface area contributed by atoms with Gasteiger partial charge < -0.3 is 0 Å². The Morgan fingerprint density at radius 2 is 1.81 bits per heavy atom. The number of hydrogen-bond donors (Lipinski definition) is 0. The summed E-state index contributed by atoms with van der Waals surface area (Å²) in [7, 11) is 0. The Morgan fingerprint density at radius 1 is 1.19 bits per heavy atom. The van der Waals surface area contributed by atoms with Gasteiger partial charge in [0.2, 0.25) is 0 Å². The van der Waals surface area contributed by atoms with E-state index in [0.29, 0.717) is 19.8 Å². The fourth-order valence-electron chi connectivity index (χ4n) is 1.36. The van der Waals surface area contributed by atoms with Crippen molar-refractivity contribution in [1.82, 2.24) is 0 Å². The van der Waals surface area contributed by atoms with Gasteiger partial charge in [0.1, 0.15) is 4.34 Å². The smallest absolute Gasteiger partial charge is 0.195 e. The zero-order valence-corrected chi connectivity index (χ0v) is 10.8. The molecule has 82 valence electrons. The number of ketones is 1. The molecule has 1 heterocycles. The normalized spacial score (nSPS) is 10.4. The van der Waals surface area contributed by atoms with E-state index in [4.69, 9.17) is 23.2 Å². The zero-order chi connectivity index (χ0) is 11.7. The van der Waals surface area contributed by atoms with E-state index in [9.17, 15) is 4.79 Å². The summed E-state index contributed by atoms with van der Waals surface area (Å²) in [4.78, 5) is 12.1. The van der Waals surface area contributed by atoms with E-state index in [1.54, 1.807) is 18.2 Å². The number of thiophene rings is 1. The van der Waals surface area contributed by atoms with Crippen LogP contribution in [-0.4, -0.2) is 5.78 Å². The van der Waals surface area contributed by atoms with Crippen molar-refractivity contribution in [3.05, 3.63) is 55.7 Å². The maximum absolute atomic E-state index is 12.1. The molecule has 1 aromatic heterocycles. The van der Waals surface area contributed by atoms with Crippen LogP contribution in [0.25, 0.3) is 0 Å². The lowest BCUT2D eigenvalue weighted by Crippen LogP contribution is -1.99. The van der Waals surface area contributed by atoms with Crippen molar-refractivity contribution in [3.8, 4) is 0 Å². The highest BCUT2D eigenvalue weighted by atomic mass is 35.5. The molecule has 0 fully saturated rings. The van der Waals surface area contributed by atoms with Gasteiger partial charge in [-0.25, -0.2) is 0 Å². The molecule has 0 saturated heterocycles.